The van der Waals surface area contributed by atoms with Gasteiger partial charge in [0, 0.05) is 12.2 Å². The Morgan fingerprint density at radius 1 is 1.21 bits per heavy atom. The van der Waals surface area contributed by atoms with Gasteiger partial charge in [0.2, 0.25) is 0 Å². The molecule has 4 nitrogen and oxygen atoms in total. The molecular formula is C14H11FN4. The second-order valence-electron chi connectivity index (χ2n) is 4.78. The highest BCUT2D eigenvalue weighted by molar-refractivity contribution is 5.80. The first-order valence-corrected chi connectivity index (χ1v) is 6.28. The van der Waals surface area contributed by atoms with E-state index in [1.807, 2.05) is 12.1 Å². The smallest absolute Gasteiger partial charge is 0.161 e. The zero-order chi connectivity index (χ0) is 12.8. The van der Waals surface area contributed by atoms with E-state index in [0.29, 0.717) is 6.04 Å². The molecule has 1 saturated carbocycles. The van der Waals surface area contributed by atoms with Gasteiger partial charge < -0.3 is 4.57 Å². The standard InChI is InChI=1S/C14H11FN4/c15-9-3-6-11-13(8-9)19(10-4-5-10)14(17-11)12-2-1-7-16-18-12/h1-3,6-8,10H,4-5H2. The van der Waals surface area contributed by atoms with Gasteiger partial charge in [-0.2, -0.15) is 5.10 Å². The summed E-state index contributed by atoms with van der Waals surface area (Å²) in [5.74, 6) is 0.538. The molecule has 0 N–H and O–H groups in total. The highest BCUT2D eigenvalue weighted by Crippen LogP contribution is 2.40. The summed E-state index contributed by atoms with van der Waals surface area (Å²) in [7, 11) is 0. The maximum Gasteiger partial charge on any atom is 0.161 e. The van der Waals surface area contributed by atoms with Crippen LogP contribution in [0.4, 0.5) is 4.39 Å². The van der Waals surface area contributed by atoms with Gasteiger partial charge in [-0.1, -0.05) is 0 Å². The Bertz CT molecular complexity index is 747. The maximum atomic E-state index is 13.4. The highest BCUT2D eigenvalue weighted by atomic mass is 19.1. The number of rotatable bonds is 2. The molecule has 4 rings (SSSR count). The molecular weight excluding hydrogens is 243 g/mol. The van der Waals surface area contributed by atoms with Crippen molar-refractivity contribution in [1.82, 2.24) is 19.7 Å². The lowest BCUT2D eigenvalue weighted by atomic mass is 10.3. The van der Waals surface area contributed by atoms with E-state index in [-0.39, 0.29) is 5.82 Å². The Balaban J connectivity index is 2.02. The van der Waals surface area contributed by atoms with Crippen LogP contribution in [0.15, 0.2) is 36.5 Å². The normalized spacial score (nSPS) is 15.0. The predicted molar refractivity (Wildman–Crippen MR) is 69.0 cm³/mol. The Kier molecular flexibility index (Phi) is 2.15. The molecule has 0 aliphatic heterocycles. The van der Waals surface area contributed by atoms with E-state index in [2.05, 4.69) is 19.7 Å². The Morgan fingerprint density at radius 3 is 2.84 bits per heavy atom. The van der Waals surface area contributed by atoms with E-state index in [1.165, 1.54) is 6.07 Å². The second-order valence-corrected chi connectivity index (χ2v) is 4.78. The number of imidazole rings is 1. The van der Waals surface area contributed by atoms with Crippen LogP contribution in [-0.4, -0.2) is 19.7 Å². The predicted octanol–water partition coefficient (Wildman–Crippen LogP) is 2.97. The van der Waals surface area contributed by atoms with E-state index >= 15 is 0 Å². The van der Waals surface area contributed by atoms with Crippen LogP contribution < -0.4 is 0 Å². The molecule has 0 unspecified atom stereocenters. The summed E-state index contributed by atoms with van der Waals surface area (Å²) in [6.45, 7) is 0. The van der Waals surface area contributed by atoms with Gasteiger partial charge in [0.1, 0.15) is 11.5 Å². The summed E-state index contributed by atoms with van der Waals surface area (Å²) in [4.78, 5) is 4.58. The third-order valence-electron chi connectivity index (χ3n) is 3.36. The van der Waals surface area contributed by atoms with Crippen molar-refractivity contribution in [3.63, 3.8) is 0 Å². The van der Waals surface area contributed by atoms with Crippen molar-refractivity contribution in [2.24, 2.45) is 0 Å². The monoisotopic (exact) mass is 254 g/mol. The van der Waals surface area contributed by atoms with Gasteiger partial charge in [0.25, 0.3) is 0 Å². The third kappa shape index (κ3) is 1.69. The van der Waals surface area contributed by atoms with E-state index < -0.39 is 0 Å². The molecule has 5 heteroatoms. The summed E-state index contributed by atoms with van der Waals surface area (Å²) >= 11 is 0. The first kappa shape index (κ1) is 10.6. The molecule has 0 atom stereocenters. The fourth-order valence-electron chi connectivity index (χ4n) is 2.37. The first-order chi connectivity index (χ1) is 9.33. The molecule has 3 aromatic rings. The highest BCUT2D eigenvalue weighted by Gasteiger charge is 2.29. The molecule has 1 fully saturated rings. The maximum absolute atomic E-state index is 13.4. The van der Waals surface area contributed by atoms with Crippen LogP contribution >= 0.6 is 0 Å². The zero-order valence-corrected chi connectivity index (χ0v) is 10.1. The topological polar surface area (TPSA) is 43.6 Å². The van der Waals surface area contributed by atoms with Crippen molar-refractivity contribution in [1.29, 1.82) is 0 Å². The fourth-order valence-corrected chi connectivity index (χ4v) is 2.37. The molecule has 0 amide bonds. The van der Waals surface area contributed by atoms with Crippen LogP contribution in [0.5, 0.6) is 0 Å². The van der Waals surface area contributed by atoms with Gasteiger partial charge >= 0.3 is 0 Å². The van der Waals surface area contributed by atoms with Crippen LogP contribution in [0.25, 0.3) is 22.6 Å². The van der Waals surface area contributed by atoms with E-state index in [4.69, 9.17) is 0 Å². The summed E-state index contributed by atoms with van der Waals surface area (Å²) < 4.78 is 15.5. The lowest BCUT2D eigenvalue weighted by molar-refractivity contribution is 0.628. The lowest BCUT2D eigenvalue weighted by Gasteiger charge is -2.06. The molecule has 0 bridgehead atoms. The van der Waals surface area contributed by atoms with Gasteiger partial charge in [-0.05, 0) is 43.2 Å². The van der Waals surface area contributed by atoms with Crippen LogP contribution in [0.3, 0.4) is 0 Å². The van der Waals surface area contributed by atoms with Gasteiger partial charge in [0.05, 0.1) is 11.0 Å². The Labute approximate surface area is 108 Å². The SMILES string of the molecule is Fc1ccc2nc(-c3cccnn3)n(C3CC3)c2c1. The van der Waals surface area contributed by atoms with Crippen LogP contribution in [0.1, 0.15) is 18.9 Å². The number of nitrogens with zero attached hydrogens (tertiary/aromatic N) is 4. The minimum absolute atomic E-state index is 0.236. The quantitative estimate of drug-likeness (QED) is 0.706. The van der Waals surface area contributed by atoms with E-state index in [1.54, 1.807) is 18.3 Å². The van der Waals surface area contributed by atoms with Crippen molar-refractivity contribution in [2.75, 3.05) is 0 Å². The van der Waals surface area contributed by atoms with E-state index in [0.717, 1.165) is 35.4 Å². The molecule has 0 radical (unpaired) electrons. The first-order valence-electron chi connectivity index (χ1n) is 6.28. The molecule has 0 spiro atoms. The second kappa shape index (κ2) is 3.85. The lowest BCUT2D eigenvalue weighted by Crippen LogP contribution is -1.99. The van der Waals surface area contributed by atoms with Crippen molar-refractivity contribution in [3.8, 4) is 11.5 Å². The van der Waals surface area contributed by atoms with Crippen LogP contribution in [-0.2, 0) is 0 Å². The number of hydrogen-bond donors (Lipinski definition) is 0. The van der Waals surface area contributed by atoms with Gasteiger partial charge in [0.15, 0.2) is 5.82 Å². The summed E-state index contributed by atoms with van der Waals surface area (Å²) in [6.07, 6.45) is 3.84. The average Bonchev–Trinajstić information content (AvgIpc) is 3.21. The summed E-state index contributed by atoms with van der Waals surface area (Å²) in [5, 5.41) is 8.00. The number of fused-ring (bicyclic) bond motifs is 1. The Hall–Kier alpha value is -2.30. The van der Waals surface area contributed by atoms with Gasteiger partial charge in [-0.15, -0.1) is 5.10 Å². The van der Waals surface area contributed by atoms with Gasteiger partial charge in [-0.3, -0.25) is 0 Å². The summed E-state index contributed by atoms with van der Waals surface area (Å²) in [6, 6.07) is 8.81. The molecule has 94 valence electrons. The van der Waals surface area contributed by atoms with Crippen LogP contribution in [0, 0.1) is 5.82 Å². The average molecular weight is 254 g/mol. The van der Waals surface area contributed by atoms with Crippen molar-refractivity contribution in [3.05, 3.63) is 42.3 Å². The number of hydrogen-bond acceptors (Lipinski definition) is 3. The minimum atomic E-state index is -0.236. The number of benzene rings is 1. The number of halogens is 1. The Morgan fingerprint density at radius 2 is 2.11 bits per heavy atom. The molecule has 1 aliphatic carbocycles. The minimum Gasteiger partial charge on any atom is -0.319 e. The molecule has 2 heterocycles. The van der Waals surface area contributed by atoms with Crippen LogP contribution in [0.2, 0.25) is 0 Å². The molecule has 2 aromatic heterocycles. The number of aromatic nitrogens is 4. The largest absolute Gasteiger partial charge is 0.319 e. The third-order valence-corrected chi connectivity index (χ3v) is 3.36. The zero-order valence-electron chi connectivity index (χ0n) is 10.1. The molecule has 0 saturated heterocycles. The van der Waals surface area contributed by atoms with Crippen molar-refractivity contribution < 1.29 is 4.39 Å². The van der Waals surface area contributed by atoms with Crippen molar-refractivity contribution >= 4 is 11.0 Å². The van der Waals surface area contributed by atoms with E-state index in [9.17, 15) is 4.39 Å². The molecule has 1 aliphatic rings. The van der Waals surface area contributed by atoms with Gasteiger partial charge in [-0.25, -0.2) is 9.37 Å². The molecule has 1 aromatic carbocycles. The fraction of sp³-hybridized carbons (Fsp3) is 0.214. The van der Waals surface area contributed by atoms with Crippen molar-refractivity contribution in [2.45, 2.75) is 18.9 Å². The summed E-state index contributed by atoms with van der Waals surface area (Å²) in [5.41, 5.74) is 2.36. The molecule has 19 heavy (non-hydrogen) atoms.